The fourth-order valence-corrected chi connectivity index (χ4v) is 10.2. The molecule has 0 saturated carbocycles. The Labute approximate surface area is 408 Å². The number of anilines is 2. The lowest BCUT2D eigenvalue weighted by Gasteiger charge is -2.41. The Bertz CT molecular complexity index is 2830. The summed E-state index contributed by atoms with van der Waals surface area (Å²) in [6, 6.07) is 44.9. The summed E-state index contributed by atoms with van der Waals surface area (Å²) in [5, 5.41) is 15.3. The van der Waals surface area contributed by atoms with Gasteiger partial charge in [0.25, 0.3) is 20.3 Å². The van der Waals surface area contributed by atoms with Crippen LogP contribution in [0.4, 0.5) is 11.8 Å². The van der Waals surface area contributed by atoms with Crippen LogP contribution in [0.1, 0.15) is 77.8 Å². The molecule has 70 heavy (non-hydrogen) atoms. The van der Waals surface area contributed by atoms with Crippen molar-refractivity contribution in [2.24, 2.45) is 0 Å². The molecule has 0 radical (unpaired) electrons. The quantitative estimate of drug-likeness (QED) is 0.0418. The largest absolute Gasteiger partial charge is 0.497 e. The molecule has 16 nitrogen and oxygen atoms in total. The predicted molar refractivity (Wildman–Crippen MR) is 266 cm³/mol. The third-order valence-corrected chi connectivity index (χ3v) is 13.8. The molecule has 0 bridgehead atoms. The second-order valence-electron chi connectivity index (χ2n) is 16.9. The zero-order valence-corrected chi connectivity index (χ0v) is 40.7. The van der Waals surface area contributed by atoms with Gasteiger partial charge in [-0.25, -0.2) is 9.65 Å². The summed E-state index contributed by atoms with van der Waals surface area (Å²) in [6.45, 7) is 8.38. The number of rotatable bonds is 20. The van der Waals surface area contributed by atoms with Gasteiger partial charge in [-0.1, -0.05) is 91.0 Å². The Morgan fingerprint density at radius 3 is 1.83 bits per heavy atom. The summed E-state index contributed by atoms with van der Waals surface area (Å²) in [5.41, 5.74) is 2.34. The van der Waals surface area contributed by atoms with Crippen LogP contribution in [0.5, 0.6) is 11.5 Å². The minimum Gasteiger partial charge on any atom is -0.497 e. The molecule has 2 aromatic heterocycles. The first kappa shape index (κ1) is 49.3. The van der Waals surface area contributed by atoms with Crippen molar-refractivity contribution in [3.8, 4) is 17.6 Å². The van der Waals surface area contributed by atoms with Crippen molar-refractivity contribution in [3.05, 3.63) is 174 Å². The Hall–Kier alpha value is -7.09. The molecule has 8 rings (SSSR count). The standard InChI is InChI=1S/C53H55N8O8P/c1-35(2)61(36(3)4)70(67-32-16-31-54)69-46-44(68-53(39-21-14-9-15-22-39,40-23-27-42(64-5)28-24-40)41-25-29-43(65-6)30-26-41)33-66-51(46)60-34-55-45-47(56-49(62)37-17-10-7-11-18-37)57-52(58-48(45)60)59-50(63)38-19-12-8-13-20-38/h7-15,17-30,34-36,44,46,51H,16,32-33H2,1-6H3,(H2,56,57,58,59,62,63)/t44-,46+,51+,70?/m0/s1. The number of carbonyl (C=O) groups is 2. The van der Waals surface area contributed by atoms with Crippen molar-refractivity contribution in [3.63, 3.8) is 0 Å². The van der Waals surface area contributed by atoms with Gasteiger partial charge >= 0.3 is 0 Å². The van der Waals surface area contributed by atoms with E-state index in [0.29, 0.717) is 22.6 Å². The molecular formula is C53H55N8O8P. The zero-order chi connectivity index (χ0) is 49.2. The molecule has 1 aliphatic heterocycles. The molecule has 4 atom stereocenters. The maximum Gasteiger partial charge on any atom is 0.259 e. The third kappa shape index (κ3) is 10.7. The SMILES string of the molecule is COc1ccc(C(O[C@H]2CO[C@@H](n3cnc4c(NC(=O)c5ccccc5)nc(NC(=O)c5ccccc5)nc43)[C@@H]2OP(OCCC#N)N(C(C)C)C(C)C)(c2ccccc2)c2ccc(OC)cc2)cc1. The number of methoxy groups -OCH3 is 2. The molecule has 0 aliphatic carbocycles. The first-order valence-electron chi connectivity index (χ1n) is 22.9. The van der Waals surface area contributed by atoms with Crippen molar-refractivity contribution in [2.45, 2.75) is 70.2 Å². The number of aromatic nitrogens is 4. The van der Waals surface area contributed by atoms with E-state index in [4.69, 9.17) is 38.0 Å². The monoisotopic (exact) mass is 962 g/mol. The predicted octanol–water partition coefficient (Wildman–Crippen LogP) is 9.92. The van der Waals surface area contributed by atoms with Crippen molar-refractivity contribution in [1.82, 2.24) is 24.2 Å². The lowest BCUT2D eigenvalue weighted by molar-refractivity contribution is -0.0850. The minimum atomic E-state index is -1.89. The number of hydrogen-bond donors (Lipinski definition) is 2. The van der Waals surface area contributed by atoms with Gasteiger partial charge in [-0.3, -0.25) is 19.5 Å². The molecular weight excluding hydrogens is 908 g/mol. The highest BCUT2D eigenvalue weighted by Gasteiger charge is 2.50. The van der Waals surface area contributed by atoms with Gasteiger partial charge in [0, 0.05) is 23.2 Å². The highest BCUT2D eigenvalue weighted by atomic mass is 31.2. The number of hydrogen-bond acceptors (Lipinski definition) is 13. The number of benzene rings is 5. The van der Waals surface area contributed by atoms with E-state index in [0.717, 1.165) is 16.7 Å². The lowest BCUT2D eigenvalue weighted by atomic mass is 9.79. The summed E-state index contributed by atoms with van der Waals surface area (Å²) in [6.07, 6.45) is -1.10. The van der Waals surface area contributed by atoms with Gasteiger partial charge in [0.1, 0.15) is 29.3 Å². The van der Waals surface area contributed by atoms with Crippen LogP contribution in [0.25, 0.3) is 11.2 Å². The highest BCUT2D eigenvalue weighted by molar-refractivity contribution is 7.44. The highest BCUT2D eigenvalue weighted by Crippen LogP contribution is 2.52. The third-order valence-electron chi connectivity index (χ3n) is 11.7. The van der Waals surface area contributed by atoms with E-state index in [1.807, 2.05) is 91.0 Å². The second kappa shape index (κ2) is 22.6. The second-order valence-corrected chi connectivity index (χ2v) is 18.3. The Morgan fingerprint density at radius 2 is 1.30 bits per heavy atom. The molecule has 360 valence electrons. The van der Waals surface area contributed by atoms with E-state index in [1.54, 1.807) is 73.6 Å². The van der Waals surface area contributed by atoms with E-state index < -0.39 is 44.4 Å². The molecule has 1 aliphatic rings. The minimum absolute atomic E-state index is 0.0148. The number of nitrogens with zero attached hydrogens (tertiary/aromatic N) is 6. The fraction of sp³-hybridized carbons (Fsp3) is 0.283. The first-order valence-corrected chi connectivity index (χ1v) is 24.0. The van der Waals surface area contributed by atoms with E-state index in [9.17, 15) is 14.9 Å². The number of carbonyl (C=O) groups excluding carboxylic acids is 2. The number of imidazole rings is 1. The summed E-state index contributed by atoms with van der Waals surface area (Å²) < 4.78 is 43.5. The molecule has 17 heteroatoms. The van der Waals surface area contributed by atoms with Crippen LogP contribution in [0.2, 0.25) is 0 Å². The number of ether oxygens (including phenoxy) is 4. The smallest absolute Gasteiger partial charge is 0.259 e. The Balaban J connectivity index is 1.30. The van der Waals surface area contributed by atoms with Gasteiger partial charge in [0.15, 0.2) is 23.2 Å². The average Bonchev–Trinajstić information content (AvgIpc) is 3.99. The average molecular weight is 963 g/mol. The van der Waals surface area contributed by atoms with Crippen LogP contribution in [0.15, 0.2) is 146 Å². The maximum atomic E-state index is 13.7. The number of fused-ring (bicyclic) bond motifs is 1. The van der Waals surface area contributed by atoms with Crippen LogP contribution < -0.4 is 20.1 Å². The van der Waals surface area contributed by atoms with Gasteiger partial charge in [0.2, 0.25) is 5.95 Å². The van der Waals surface area contributed by atoms with Crippen molar-refractivity contribution in [1.29, 1.82) is 5.26 Å². The molecule has 0 spiro atoms. The fourth-order valence-electron chi connectivity index (χ4n) is 8.46. The Morgan fingerprint density at radius 1 is 0.771 bits per heavy atom. The number of amides is 2. The summed E-state index contributed by atoms with van der Waals surface area (Å²) in [5.74, 6) is 0.389. The first-order chi connectivity index (χ1) is 34.0. The van der Waals surface area contributed by atoms with Gasteiger partial charge in [-0.05, 0) is 92.9 Å². The van der Waals surface area contributed by atoms with Crippen LogP contribution in [-0.4, -0.2) is 87.7 Å². The van der Waals surface area contributed by atoms with E-state index >= 15 is 0 Å². The van der Waals surface area contributed by atoms with Crippen molar-refractivity contribution < 1.29 is 37.6 Å². The molecule has 1 unspecified atom stereocenters. The molecule has 7 aromatic rings. The maximum absolute atomic E-state index is 13.7. The van der Waals surface area contributed by atoms with E-state index in [1.165, 1.54) is 0 Å². The van der Waals surface area contributed by atoms with Gasteiger partial charge in [0.05, 0.1) is 46.3 Å². The van der Waals surface area contributed by atoms with Gasteiger partial charge < -0.3 is 33.3 Å². The topological polar surface area (TPSA) is 184 Å². The van der Waals surface area contributed by atoms with Crippen molar-refractivity contribution >= 4 is 43.3 Å². The molecule has 1 fully saturated rings. The normalized spacial score (nSPS) is 16.3. The van der Waals surface area contributed by atoms with E-state index in [-0.39, 0.29) is 54.6 Å². The molecule has 2 N–H and O–H groups in total. The van der Waals surface area contributed by atoms with Crippen LogP contribution in [0, 0.1) is 11.3 Å². The van der Waals surface area contributed by atoms with Crippen LogP contribution in [-0.2, 0) is 24.1 Å². The van der Waals surface area contributed by atoms with E-state index in [2.05, 4.69) is 54.1 Å². The molecule has 5 aromatic carbocycles. The van der Waals surface area contributed by atoms with Gasteiger partial charge in [-0.15, -0.1) is 0 Å². The molecule has 1 saturated heterocycles. The lowest BCUT2D eigenvalue weighted by Crippen LogP contribution is -2.43. The Kier molecular flexibility index (Phi) is 15.9. The summed E-state index contributed by atoms with van der Waals surface area (Å²) >= 11 is 0. The number of nitriles is 1. The summed E-state index contributed by atoms with van der Waals surface area (Å²) in [4.78, 5) is 41.6. The zero-order valence-electron chi connectivity index (χ0n) is 39.8. The molecule has 2 amide bonds. The van der Waals surface area contributed by atoms with Crippen LogP contribution >= 0.6 is 8.53 Å². The van der Waals surface area contributed by atoms with Gasteiger partial charge in [-0.2, -0.15) is 15.2 Å². The number of nitrogens with one attached hydrogen (secondary N) is 2. The van der Waals surface area contributed by atoms with Crippen molar-refractivity contribution in [2.75, 3.05) is 38.1 Å². The van der Waals surface area contributed by atoms with Crippen LogP contribution in [0.3, 0.4) is 0 Å². The molecule has 3 heterocycles. The summed E-state index contributed by atoms with van der Waals surface area (Å²) in [7, 11) is 1.35.